The van der Waals surface area contributed by atoms with E-state index in [2.05, 4.69) is 75.4 Å². The van der Waals surface area contributed by atoms with Crippen molar-refractivity contribution in [2.45, 2.75) is 65.7 Å². The van der Waals surface area contributed by atoms with Crippen LogP contribution in [0, 0.1) is 0 Å². The number of benzene rings is 2. The van der Waals surface area contributed by atoms with Gasteiger partial charge in [-0.05, 0) is 47.6 Å². The van der Waals surface area contributed by atoms with Gasteiger partial charge in [0.25, 0.3) is 0 Å². The molecule has 0 radical (unpaired) electrons. The Balaban J connectivity index is 2.29. The van der Waals surface area contributed by atoms with Crippen LogP contribution in [0.25, 0.3) is 12.2 Å². The van der Waals surface area contributed by atoms with Gasteiger partial charge >= 0.3 is 0 Å². The molecule has 0 atom stereocenters. The largest absolute Gasteiger partial charge is 0.493 e. The fourth-order valence-corrected chi connectivity index (χ4v) is 3.33. The van der Waals surface area contributed by atoms with E-state index in [4.69, 9.17) is 4.74 Å². The monoisotopic (exact) mass is 350 g/mol. The smallest absolute Gasteiger partial charge is 0.122 e. The molecule has 0 fully saturated rings. The summed E-state index contributed by atoms with van der Waals surface area (Å²) in [6, 6.07) is 14.9. The Kier molecular flexibility index (Phi) is 9.03. The summed E-state index contributed by atoms with van der Waals surface area (Å²) < 4.78 is 6.17. The average molecular weight is 351 g/mol. The Labute approximate surface area is 160 Å². The van der Waals surface area contributed by atoms with Crippen molar-refractivity contribution >= 4 is 12.2 Å². The number of hydrogen-bond acceptors (Lipinski definition) is 1. The van der Waals surface area contributed by atoms with E-state index >= 15 is 0 Å². The SMILES string of the molecule is CCCCCOc1ccc(C=Cc2ccccc2)c(CCC)c1CCC. The van der Waals surface area contributed by atoms with Crippen LogP contribution in [0.15, 0.2) is 42.5 Å². The third-order valence-corrected chi connectivity index (χ3v) is 4.68. The van der Waals surface area contributed by atoms with Crippen LogP contribution in [-0.2, 0) is 12.8 Å². The van der Waals surface area contributed by atoms with Gasteiger partial charge in [-0.25, -0.2) is 0 Å². The van der Waals surface area contributed by atoms with Gasteiger partial charge in [-0.2, -0.15) is 0 Å². The molecule has 2 rings (SSSR count). The lowest BCUT2D eigenvalue weighted by Crippen LogP contribution is -2.05. The van der Waals surface area contributed by atoms with Gasteiger partial charge in [0.2, 0.25) is 0 Å². The maximum absolute atomic E-state index is 6.17. The molecule has 0 aliphatic rings. The summed E-state index contributed by atoms with van der Waals surface area (Å²) in [5, 5.41) is 0. The molecule has 0 aromatic heterocycles. The van der Waals surface area contributed by atoms with Gasteiger partial charge in [0.15, 0.2) is 0 Å². The summed E-state index contributed by atoms with van der Waals surface area (Å²) in [7, 11) is 0. The van der Waals surface area contributed by atoms with Crippen molar-refractivity contribution < 1.29 is 4.74 Å². The first-order valence-corrected chi connectivity index (χ1v) is 10.3. The molecule has 0 saturated carbocycles. The molecule has 1 heteroatoms. The maximum Gasteiger partial charge on any atom is 0.122 e. The molecular formula is C25H34O. The molecule has 140 valence electrons. The quantitative estimate of drug-likeness (QED) is 0.304. The second-order valence-electron chi connectivity index (χ2n) is 6.91. The Morgan fingerprint density at radius 2 is 1.46 bits per heavy atom. The molecule has 0 bridgehead atoms. The molecular weight excluding hydrogens is 316 g/mol. The molecule has 0 unspecified atom stereocenters. The zero-order valence-electron chi connectivity index (χ0n) is 16.8. The predicted octanol–water partition coefficient (Wildman–Crippen LogP) is 7.33. The van der Waals surface area contributed by atoms with E-state index in [1.54, 1.807) is 0 Å². The Hall–Kier alpha value is -2.02. The summed E-state index contributed by atoms with van der Waals surface area (Å²) >= 11 is 0. The second kappa shape index (κ2) is 11.6. The van der Waals surface area contributed by atoms with Gasteiger partial charge in [-0.15, -0.1) is 0 Å². The predicted molar refractivity (Wildman–Crippen MR) is 115 cm³/mol. The van der Waals surface area contributed by atoms with Crippen molar-refractivity contribution in [2.75, 3.05) is 6.61 Å². The summed E-state index contributed by atoms with van der Waals surface area (Å²) in [5.41, 5.74) is 5.46. The Morgan fingerprint density at radius 3 is 2.15 bits per heavy atom. The standard InChI is InChI=1S/C25H34O/c1-4-7-11-20-26-25-19-18-22(17-16-21-14-9-8-10-15-21)23(12-5-2)24(25)13-6-3/h8-10,14-19H,4-7,11-13,20H2,1-3H3. The zero-order valence-corrected chi connectivity index (χ0v) is 16.8. The third-order valence-electron chi connectivity index (χ3n) is 4.68. The van der Waals surface area contributed by atoms with Crippen LogP contribution in [0.5, 0.6) is 5.75 Å². The normalized spacial score (nSPS) is 11.2. The van der Waals surface area contributed by atoms with E-state index in [0.29, 0.717) is 0 Å². The topological polar surface area (TPSA) is 9.23 Å². The lowest BCUT2D eigenvalue weighted by Gasteiger charge is -2.18. The number of unbranched alkanes of at least 4 members (excludes halogenated alkanes) is 2. The summed E-state index contributed by atoms with van der Waals surface area (Å²) in [6.45, 7) is 7.57. The lowest BCUT2D eigenvalue weighted by molar-refractivity contribution is 0.302. The first-order valence-electron chi connectivity index (χ1n) is 10.3. The van der Waals surface area contributed by atoms with E-state index in [1.807, 2.05) is 0 Å². The molecule has 0 aliphatic heterocycles. The van der Waals surface area contributed by atoms with Crippen molar-refractivity contribution in [3.8, 4) is 5.75 Å². The average Bonchev–Trinajstić information content (AvgIpc) is 2.67. The fourth-order valence-electron chi connectivity index (χ4n) is 3.33. The highest BCUT2D eigenvalue weighted by atomic mass is 16.5. The van der Waals surface area contributed by atoms with Gasteiger partial charge < -0.3 is 4.74 Å². The van der Waals surface area contributed by atoms with Crippen LogP contribution in [0.1, 0.15) is 75.1 Å². The molecule has 2 aromatic rings. The molecule has 2 aromatic carbocycles. The minimum atomic E-state index is 0.829. The van der Waals surface area contributed by atoms with Crippen molar-refractivity contribution in [1.82, 2.24) is 0 Å². The van der Waals surface area contributed by atoms with Crippen molar-refractivity contribution in [3.63, 3.8) is 0 Å². The fraction of sp³-hybridized carbons (Fsp3) is 0.440. The van der Waals surface area contributed by atoms with E-state index in [-0.39, 0.29) is 0 Å². The van der Waals surface area contributed by atoms with E-state index in [1.165, 1.54) is 35.1 Å². The molecule has 0 aliphatic carbocycles. The molecule has 0 spiro atoms. The highest BCUT2D eigenvalue weighted by Gasteiger charge is 2.12. The van der Waals surface area contributed by atoms with Crippen LogP contribution in [0.4, 0.5) is 0 Å². The van der Waals surface area contributed by atoms with Crippen LogP contribution < -0.4 is 4.74 Å². The molecule has 0 N–H and O–H groups in total. The van der Waals surface area contributed by atoms with Gasteiger partial charge in [0, 0.05) is 0 Å². The molecule has 0 saturated heterocycles. The number of hydrogen-bond donors (Lipinski definition) is 0. The van der Waals surface area contributed by atoms with E-state index in [0.717, 1.165) is 44.5 Å². The van der Waals surface area contributed by atoms with Gasteiger partial charge in [-0.3, -0.25) is 0 Å². The summed E-state index contributed by atoms with van der Waals surface area (Å²) in [5.74, 6) is 1.10. The van der Waals surface area contributed by atoms with Crippen LogP contribution in [0.3, 0.4) is 0 Å². The minimum Gasteiger partial charge on any atom is -0.493 e. The van der Waals surface area contributed by atoms with Gasteiger partial charge in [-0.1, -0.05) is 95.0 Å². The Bertz CT molecular complexity index is 670. The molecule has 26 heavy (non-hydrogen) atoms. The van der Waals surface area contributed by atoms with Crippen molar-refractivity contribution in [3.05, 3.63) is 64.7 Å². The molecule has 0 amide bonds. The second-order valence-corrected chi connectivity index (χ2v) is 6.91. The van der Waals surface area contributed by atoms with Crippen molar-refractivity contribution in [1.29, 1.82) is 0 Å². The highest BCUT2D eigenvalue weighted by Crippen LogP contribution is 2.30. The Morgan fingerprint density at radius 1 is 0.731 bits per heavy atom. The van der Waals surface area contributed by atoms with Crippen LogP contribution in [-0.4, -0.2) is 6.61 Å². The van der Waals surface area contributed by atoms with Gasteiger partial charge in [0.05, 0.1) is 6.61 Å². The zero-order chi connectivity index (χ0) is 18.6. The number of rotatable bonds is 11. The van der Waals surface area contributed by atoms with E-state index < -0.39 is 0 Å². The maximum atomic E-state index is 6.17. The minimum absolute atomic E-state index is 0.829. The van der Waals surface area contributed by atoms with E-state index in [9.17, 15) is 0 Å². The van der Waals surface area contributed by atoms with Crippen LogP contribution >= 0.6 is 0 Å². The number of ether oxygens (including phenoxy) is 1. The first-order chi connectivity index (χ1) is 12.8. The third kappa shape index (κ3) is 6.05. The van der Waals surface area contributed by atoms with Gasteiger partial charge in [0.1, 0.15) is 5.75 Å². The summed E-state index contributed by atoms with van der Waals surface area (Å²) in [6.07, 6.45) is 12.6. The summed E-state index contributed by atoms with van der Waals surface area (Å²) in [4.78, 5) is 0. The van der Waals surface area contributed by atoms with Crippen molar-refractivity contribution in [2.24, 2.45) is 0 Å². The van der Waals surface area contributed by atoms with Crippen LogP contribution in [0.2, 0.25) is 0 Å². The molecule has 0 heterocycles. The first kappa shape index (κ1) is 20.3. The molecule has 1 nitrogen and oxygen atoms in total. The highest BCUT2D eigenvalue weighted by molar-refractivity contribution is 5.72. The lowest BCUT2D eigenvalue weighted by atomic mass is 9.93.